The topological polar surface area (TPSA) is 70.5 Å². The summed E-state index contributed by atoms with van der Waals surface area (Å²) in [4.78, 5) is 10.8. The maximum absolute atomic E-state index is 10.3. The molecule has 6 heteroatoms. The fraction of sp³-hybridized carbons (Fsp3) is 0.412. The molecule has 0 bridgehead atoms. The van der Waals surface area contributed by atoms with Crippen molar-refractivity contribution in [3.05, 3.63) is 42.2 Å². The molecule has 1 aromatic carbocycles. The lowest BCUT2D eigenvalue weighted by atomic mass is 10.1. The molecule has 1 unspecified atom stereocenters. The van der Waals surface area contributed by atoms with Crippen molar-refractivity contribution >= 4 is 11.6 Å². The van der Waals surface area contributed by atoms with Crippen LogP contribution in [0.15, 0.2) is 36.7 Å². The smallest absolute Gasteiger partial charge is 0.134 e. The number of anilines is 2. The van der Waals surface area contributed by atoms with Gasteiger partial charge in [0, 0.05) is 25.7 Å². The van der Waals surface area contributed by atoms with E-state index in [9.17, 15) is 5.11 Å². The molecular weight excluding hydrogens is 292 g/mol. The molecule has 23 heavy (non-hydrogen) atoms. The van der Waals surface area contributed by atoms with Gasteiger partial charge in [-0.2, -0.15) is 0 Å². The van der Waals surface area contributed by atoms with E-state index in [0.717, 1.165) is 36.0 Å². The third-order valence-corrected chi connectivity index (χ3v) is 4.04. The van der Waals surface area contributed by atoms with Gasteiger partial charge in [0.15, 0.2) is 0 Å². The van der Waals surface area contributed by atoms with Crippen molar-refractivity contribution < 1.29 is 9.84 Å². The molecule has 3 rings (SSSR count). The standard InChI is InChI=1S/C17H22N4O2/c1-23-14-6-4-5-13(9-14)15(22)11-18-16-10-17(20-12-19-16)21-7-2-3-8-21/h4-6,9-10,12,15,22H,2-3,7-8,11H2,1H3,(H,18,19,20). The van der Waals surface area contributed by atoms with Crippen LogP contribution >= 0.6 is 0 Å². The Morgan fingerprint density at radius 2 is 2.09 bits per heavy atom. The number of hydrogen-bond acceptors (Lipinski definition) is 6. The summed E-state index contributed by atoms with van der Waals surface area (Å²) in [6.07, 6.45) is 3.35. The molecule has 2 aromatic rings. The average molecular weight is 314 g/mol. The summed E-state index contributed by atoms with van der Waals surface area (Å²) in [5.74, 6) is 2.40. The summed E-state index contributed by atoms with van der Waals surface area (Å²) in [7, 11) is 1.62. The second-order valence-electron chi connectivity index (χ2n) is 5.63. The number of nitrogens with one attached hydrogen (secondary N) is 1. The summed E-state index contributed by atoms with van der Waals surface area (Å²) in [5.41, 5.74) is 0.811. The molecular formula is C17H22N4O2. The van der Waals surface area contributed by atoms with Crippen LogP contribution < -0.4 is 15.0 Å². The summed E-state index contributed by atoms with van der Waals surface area (Å²) in [6, 6.07) is 9.38. The van der Waals surface area contributed by atoms with Gasteiger partial charge in [0.1, 0.15) is 23.7 Å². The van der Waals surface area contributed by atoms with Crippen molar-refractivity contribution in [2.45, 2.75) is 18.9 Å². The number of rotatable bonds is 6. The second kappa shape index (κ2) is 7.28. The number of ether oxygens (including phenoxy) is 1. The van der Waals surface area contributed by atoms with Crippen molar-refractivity contribution in [3.63, 3.8) is 0 Å². The number of aromatic nitrogens is 2. The molecule has 6 nitrogen and oxygen atoms in total. The van der Waals surface area contributed by atoms with Crippen molar-refractivity contribution in [2.75, 3.05) is 37.0 Å². The number of aliphatic hydroxyl groups is 1. The van der Waals surface area contributed by atoms with Gasteiger partial charge in [0.05, 0.1) is 13.2 Å². The summed E-state index contributed by atoms with van der Waals surface area (Å²) in [6.45, 7) is 2.47. The zero-order valence-electron chi connectivity index (χ0n) is 13.3. The van der Waals surface area contributed by atoms with Gasteiger partial charge in [0.25, 0.3) is 0 Å². The number of methoxy groups -OCH3 is 1. The minimum atomic E-state index is -0.629. The molecule has 1 aliphatic rings. The van der Waals surface area contributed by atoms with Crippen LogP contribution in [0.2, 0.25) is 0 Å². The highest BCUT2D eigenvalue weighted by molar-refractivity contribution is 5.49. The Morgan fingerprint density at radius 1 is 1.26 bits per heavy atom. The minimum absolute atomic E-state index is 0.379. The molecule has 122 valence electrons. The fourth-order valence-electron chi connectivity index (χ4n) is 2.73. The summed E-state index contributed by atoms with van der Waals surface area (Å²) < 4.78 is 5.18. The Morgan fingerprint density at radius 3 is 2.87 bits per heavy atom. The Hall–Kier alpha value is -2.34. The van der Waals surface area contributed by atoms with E-state index in [2.05, 4.69) is 20.2 Å². The first-order valence-electron chi connectivity index (χ1n) is 7.89. The molecule has 1 saturated heterocycles. The van der Waals surface area contributed by atoms with Crippen LogP contribution in [0.4, 0.5) is 11.6 Å². The molecule has 1 fully saturated rings. The average Bonchev–Trinajstić information content (AvgIpc) is 3.14. The zero-order chi connectivity index (χ0) is 16.1. The predicted octanol–water partition coefficient (Wildman–Crippen LogP) is 2.23. The SMILES string of the molecule is COc1cccc(C(O)CNc2cc(N3CCCC3)ncn2)c1. The van der Waals surface area contributed by atoms with E-state index < -0.39 is 6.10 Å². The number of nitrogens with zero attached hydrogens (tertiary/aromatic N) is 3. The molecule has 1 aliphatic heterocycles. The van der Waals surface area contributed by atoms with Gasteiger partial charge in [-0.15, -0.1) is 0 Å². The van der Waals surface area contributed by atoms with Crippen LogP contribution in [0.25, 0.3) is 0 Å². The minimum Gasteiger partial charge on any atom is -0.497 e. The van der Waals surface area contributed by atoms with Gasteiger partial charge in [0.2, 0.25) is 0 Å². The van der Waals surface area contributed by atoms with Crippen molar-refractivity contribution in [3.8, 4) is 5.75 Å². The third-order valence-electron chi connectivity index (χ3n) is 4.04. The van der Waals surface area contributed by atoms with Gasteiger partial charge in [-0.25, -0.2) is 9.97 Å². The largest absolute Gasteiger partial charge is 0.497 e. The lowest BCUT2D eigenvalue weighted by Crippen LogP contribution is -2.20. The van der Waals surface area contributed by atoms with Crippen LogP contribution in [-0.2, 0) is 0 Å². The Bertz CT molecular complexity index is 644. The van der Waals surface area contributed by atoms with Crippen LogP contribution in [-0.4, -0.2) is 41.8 Å². The first-order valence-corrected chi connectivity index (χ1v) is 7.89. The normalized spacial score (nSPS) is 15.5. The van der Waals surface area contributed by atoms with E-state index in [1.165, 1.54) is 12.8 Å². The lowest BCUT2D eigenvalue weighted by molar-refractivity contribution is 0.191. The first kappa shape index (κ1) is 15.6. The maximum Gasteiger partial charge on any atom is 0.134 e. The molecule has 2 heterocycles. The van der Waals surface area contributed by atoms with E-state index in [4.69, 9.17) is 4.74 Å². The first-order chi connectivity index (χ1) is 11.3. The van der Waals surface area contributed by atoms with E-state index in [0.29, 0.717) is 6.54 Å². The molecule has 0 amide bonds. The van der Waals surface area contributed by atoms with Crippen LogP contribution in [0.5, 0.6) is 5.75 Å². The van der Waals surface area contributed by atoms with E-state index >= 15 is 0 Å². The quantitative estimate of drug-likeness (QED) is 0.852. The highest BCUT2D eigenvalue weighted by atomic mass is 16.5. The molecule has 1 aromatic heterocycles. The molecule has 0 spiro atoms. The molecule has 1 atom stereocenters. The Labute approximate surface area is 136 Å². The second-order valence-corrected chi connectivity index (χ2v) is 5.63. The van der Waals surface area contributed by atoms with Gasteiger partial charge in [-0.1, -0.05) is 12.1 Å². The number of benzene rings is 1. The van der Waals surface area contributed by atoms with E-state index in [1.54, 1.807) is 13.4 Å². The van der Waals surface area contributed by atoms with Gasteiger partial charge in [-0.05, 0) is 30.5 Å². The third kappa shape index (κ3) is 3.90. The van der Waals surface area contributed by atoms with Crippen molar-refractivity contribution in [2.24, 2.45) is 0 Å². The molecule has 0 aliphatic carbocycles. The monoisotopic (exact) mass is 314 g/mol. The van der Waals surface area contributed by atoms with Crippen LogP contribution in [0.3, 0.4) is 0 Å². The van der Waals surface area contributed by atoms with Crippen molar-refractivity contribution in [1.29, 1.82) is 0 Å². The summed E-state index contributed by atoms with van der Waals surface area (Å²) >= 11 is 0. The highest BCUT2D eigenvalue weighted by Gasteiger charge is 2.14. The highest BCUT2D eigenvalue weighted by Crippen LogP contribution is 2.21. The van der Waals surface area contributed by atoms with Gasteiger partial charge < -0.3 is 20.1 Å². The van der Waals surface area contributed by atoms with Crippen molar-refractivity contribution in [1.82, 2.24) is 9.97 Å². The fourth-order valence-corrected chi connectivity index (χ4v) is 2.73. The van der Waals surface area contributed by atoms with Crippen LogP contribution in [0, 0.1) is 0 Å². The van der Waals surface area contributed by atoms with Gasteiger partial charge >= 0.3 is 0 Å². The van der Waals surface area contributed by atoms with Crippen LogP contribution in [0.1, 0.15) is 24.5 Å². The maximum atomic E-state index is 10.3. The lowest BCUT2D eigenvalue weighted by Gasteiger charge is -2.17. The summed E-state index contributed by atoms with van der Waals surface area (Å²) in [5, 5.41) is 13.5. The molecule has 0 saturated carbocycles. The Balaban J connectivity index is 1.62. The predicted molar refractivity (Wildman–Crippen MR) is 89.9 cm³/mol. The molecule has 0 radical (unpaired) electrons. The molecule has 2 N–H and O–H groups in total. The van der Waals surface area contributed by atoms with Gasteiger partial charge in [-0.3, -0.25) is 0 Å². The van der Waals surface area contributed by atoms with E-state index in [1.807, 2.05) is 30.3 Å². The number of aliphatic hydroxyl groups excluding tert-OH is 1. The Kier molecular flexibility index (Phi) is 4.92. The zero-order valence-corrected chi connectivity index (χ0v) is 13.3. The number of hydrogen-bond donors (Lipinski definition) is 2. The van der Waals surface area contributed by atoms with E-state index in [-0.39, 0.29) is 0 Å².